The van der Waals surface area contributed by atoms with Crippen molar-refractivity contribution in [1.82, 2.24) is 15.1 Å². The molecule has 0 aliphatic heterocycles. The van der Waals surface area contributed by atoms with E-state index in [1.54, 1.807) is 11.3 Å². The lowest BCUT2D eigenvalue weighted by atomic mass is 9.99. The zero-order valence-electron chi connectivity index (χ0n) is 17.1. The molecule has 1 atom stereocenters. The summed E-state index contributed by atoms with van der Waals surface area (Å²) in [5.74, 6) is 0.359. The molecule has 0 aliphatic rings. The number of nitrogens with one attached hydrogen (secondary N) is 1. The van der Waals surface area contributed by atoms with Crippen LogP contribution < -0.4 is 10.1 Å². The molecule has 0 unspecified atom stereocenters. The molecule has 7 heteroatoms. The number of aryl methyl sites for hydroxylation is 1. The van der Waals surface area contributed by atoms with Gasteiger partial charge in [-0.1, -0.05) is 18.2 Å². The molecular formula is C22H27N3O3S. The molecule has 2 heterocycles. The maximum Gasteiger partial charge on any atom is 0.310 e. The van der Waals surface area contributed by atoms with E-state index in [1.807, 2.05) is 60.6 Å². The number of carbonyl (C=O) groups excluding carboxylic acids is 1. The Balaban J connectivity index is 1.62. The van der Waals surface area contributed by atoms with Crippen molar-refractivity contribution in [3.05, 3.63) is 59.1 Å². The lowest BCUT2D eigenvalue weighted by Crippen LogP contribution is -2.30. The first-order chi connectivity index (χ1) is 14.1. The summed E-state index contributed by atoms with van der Waals surface area (Å²) in [6.45, 7) is 3.76. The van der Waals surface area contributed by atoms with Crippen molar-refractivity contribution in [2.45, 2.75) is 19.9 Å². The maximum absolute atomic E-state index is 12.3. The van der Waals surface area contributed by atoms with Gasteiger partial charge in [-0.2, -0.15) is 5.10 Å². The predicted molar refractivity (Wildman–Crippen MR) is 115 cm³/mol. The summed E-state index contributed by atoms with van der Waals surface area (Å²) >= 11 is 1.67. The van der Waals surface area contributed by atoms with Crippen molar-refractivity contribution >= 4 is 17.3 Å². The highest BCUT2D eigenvalue weighted by Crippen LogP contribution is 2.26. The SMILES string of the molecule is CCOc1ccc(C[C@@H](CNCc2cn(C)nc2-c2cccs2)C(=O)OC)cc1. The Morgan fingerprint density at radius 3 is 2.72 bits per heavy atom. The summed E-state index contributed by atoms with van der Waals surface area (Å²) < 4.78 is 12.3. The number of benzene rings is 1. The van der Waals surface area contributed by atoms with Crippen molar-refractivity contribution < 1.29 is 14.3 Å². The third-order valence-electron chi connectivity index (χ3n) is 4.62. The number of carbonyl (C=O) groups is 1. The molecule has 0 fully saturated rings. The van der Waals surface area contributed by atoms with Gasteiger partial charge in [0.05, 0.1) is 24.5 Å². The van der Waals surface area contributed by atoms with Gasteiger partial charge >= 0.3 is 5.97 Å². The van der Waals surface area contributed by atoms with Gasteiger partial charge in [0.1, 0.15) is 11.4 Å². The van der Waals surface area contributed by atoms with Crippen LogP contribution in [0, 0.1) is 5.92 Å². The van der Waals surface area contributed by atoms with E-state index in [0.717, 1.165) is 27.4 Å². The van der Waals surface area contributed by atoms with Gasteiger partial charge in [-0.15, -0.1) is 11.3 Å². The minimum Gasteiger partial charge on any atom is -0.494 e. The van der Waals surface area contributed by atoms with Crippen LogP contribution in [0.4, 0.5) is 0 Å². The van der Waals surface area contributed by atoms with E-state index in [-0.39, 0.29) is 11.9 Å². The summed E-state index contributed by atoms with van der Waals surface area (Å²) in [7, 11) is 3.35. The van der Waals surface area contributed by atoms with Gasteiger partial charge in [-0.25, -0.2) is 0 Å². The van der Waals surface area contributed by atoms with Crippen molar-refractivity contribution in [2.75, 3.05) is 20.3 Å². The normalized spacial score (nSPS) is 12.0. The number of methoxy groups -OCH3 is 1. The number of aromatic nitrogens is 2. The van der Waals surface area contributed by atoms with Crippen LogP contribution in [0.25, 0.3) is 10.6 Å². The number of rotatable bonds is 10. The van der Waals surface area contributed by atoms with E-state index in [2.05, 4.69) is 16.5 Å². The fourth-order valence-corrected chi connectivity index (χ4v) is 3.99. The molecule has 3 rings (SSSR count). The molecule has 1 aromatic carbocycles. The minimum absolute atomic E-state index is 0.212. The summed E-state index contributed by atoms with van der Waals surface area (Å²) in [5.41, 5.74) is 3.17. The number of thiophene rings is 1. The standard InChI is InChI=1S/C22H27N3O3S/c1-4-28-19-9-7-16(8-10-19)12-17(22(26)27-3)13-23-14-18-15-25(2)24-21(18)20-6-5-11-29-20/h5-11,15,17,23H,4,12-14H2,1-3H3/t17-/m0/s1. The first-order valence-electron chi connectivity index (χ1n) is 9.67. The average molecular weight is 414 g/mol. The Labute approximate surface area is 175 Å². The molecule has 0 saturated carbocycles. The van der Waals surface area contributed by atoms with E-state index < -0.39 is 0 Å². The predicted octanol–water partition coefficient (Wildman–Crippen LogP) is 3.67. The molecule has 0 radical (unpaired) electrons. The van der Waals surface area contributed by atoms with E-state index in [1.165, 1.54) is 7.11 Å². The van der Waals surface area contributed by atoms with Crippen molar-refractivity contribution in [2.24, 2.45) is 13.0 Å². The van der Waals surface area contributed by atoms with Gasteiger partial charge in [0.2, 0.25) is 0 Å². The highest BCUT2D eigenvalue weighted by Gasteiger charge is 2.20. The molecule has 1 N–H and O–H groups in total. The molecular weight excluding hydrogens is 386 g/mol. The van der Waals surface area contributed by atoms with Gasteiger partial charge in [-0.05, 0) is 42.5 Å². The van der Waals surface area contributed by atoms with E-state index in [0.29, 0.717) is 26.1 Å². The van der Waals surface area contributed by atoms with Crippen LogP contribution in [0.5, 0.6) is 5.75 Å². The Bertz CT molecular complexity index is 904. The highest BCUT2D eigenvalue weighted by atomic mass is 32.1. The topological polar surface area (TPSA) is 65.4 Å². The van der Waals surface area contributed by atoms with Crippen LogP contribution in [0.3, 0.4) is 0 Å². The summed E-state index contributed by atoms with van der Waals surface area (Å²) in [6, 6.07) is 12.0. The molecule has 154 valence electrons. The Hall–Kier alpha value is -2.64. The fraction of sp³-hybridized carbons (Fsp3) is 0.364. The van der Waals surface area contributed by atoms with Crippen LogP contribution in [0.1, 0.15) is 18.1 Å². The third kappa shape index (κ3) is 5.68. The quantitative estimate of drug-likeness (QED) is 0.514. The van der Waals surface area contributed by atoms with E-state index in [9.17, 15) is 4.79 Å². The van der Waals surface area contributed by atoms with Crippen LogP contribution in [-0.2, 0) is 29.5 Å². The van der Waals surface area contributed by atoms with Crippen LogP contribution in [-0.4, -0.2) is 36.0 Å². The zero-order chi connectivity index (χ0) is 20.6. The van der Waals surface area contributed by atoms with E-state index in [4.69, 9.17) is 9.47 Å². The second kappa shape index (κ2) is 10.2. The summed E-state index contributed by atoms with van der Waals surface area (Å²) in [5, 5.41) is 10.0. The number of nitrogens with zero attached hydrogens (tertiary/aromatic N) is 2. The van der Waals surface area contributed by atoms with Gasteiger partial charge in [0.15, 0.2) is 0 Å². The number of hydrogen-bond acceptors (Lipinski definition) is 6. The van der Waals surface area contributed by atoms with E-state index >= 15 is 0 Å². The molecule has 0 bridgehead atoms. The smallest absolute Gasteiger partial charge is 0.310 e. The Morgan fingerprint density at radius 2 is 2.07 bits per heavy atom. The monoisotopic (exact) mass is 413 g/mol. The lowest BCUT2D eigenvalue weighted by molar-refractivity contribution is -0.145. The Morgan fingerprint density at radius 1 is 1.28 bits per heavy atom. The molecule has 0 saturated heterocycles. The third-order valence-corrected chi connectivity index (χ3v) is 5.49. The van der Waals surface area contributed by atoms with Crippen LogP contribution in [0.15, 0.2) is 48.0 Å². The Kier molecular flexibility index (Phi) is 7.43. The second-order valence-electron chi connectivity index (χ2n) is 6.79. The van der Waals surface area contributed by atoms with Gasteiger partial charge < -0.3 is 14.8 Å². The summed E-state index contributed by atoms with van der Waals surface area (Å²) in [4.78, 5) is 13.4. The largest absolute Gasteiger partial charge is 0.494 e. The zero-order valence-corrected chi connectivity index (χ0v) is 17.9. The first-order valence-corrected chi connectivity index (χ1v) is 10.5. The molecule has 3 aromatic rings. The van der Waals surface area contributed by atoms with Gasteiger partial charge in [0, 0.05) is 31.9 Å². The van der Waals surface area contributed by atoms with Crippen molar-refractivity contribution in [3.8, 4) is 16.3 Å². The number of hydrogen-bond donors (Lipinski definition) is 1. The van der Waals surface area contributed by atoms with Crippen molar-refractivity contribution in [1.29, 1.82) is 0 Å². The summed E-state index contributed by atoms with van der Waals surface area (Å²) in [6.07, 6.45) is 2.62. The lowest BCUT2D eigenvalue weighted by Gasteiger charge is -2.16. The molecule has 0 spiro atoms. The average Bonchev–Trinajstić information content (AvgIpc) is 3.37. The molecule has 0 amide bonds. The number of ether oxygens (including phenoxy) is 2. The molecule has 6 nitrogen and oxygen atoms in total. The maximum atomic E-state index is 12.3. The number of esters is 1. The second-order valence-corrected chi connectivity index (χ2v) is 7.73. The fourth-order valence-electron chi connectivity index (χ4n) is 3.25. The van der Waals surface area contributed by atoms with Gasteiger partial charge in [0.25, 0.3) is 0 Å². The van der Waals surface area contributed by atoms with Crippen molar-refractivity contribution in [3.63, 3.8) is 0 Å². The van der Waals surface area contributed by atoms with Crippen LogP contribution in [0.2, 0.25) is 0 Å². The highest BCUT2D eigenvalue weighted by molar-refractivity contribution is 7.13. The van der Waals surface area contributed by atoms with Crippen LogP contribution >= 0.6 is 11.3 Å². The first kappa shape index (κ1) is 21.1. The molecule has 2 aromatic heterocycles. The minimum atomic E-state index is -0.264. The molecule has 0 aliphatic carbocycles. The molecule has 29 heavy (non-hydrogen) atoms. The van der Waals surface area contributed by atoms with Gasteiger partial charge in [-0.3, -0.25) is 9.48 Å².